The molecule has 2 N–H and O–H groups in total. The number of ether oxygens (including phenoxy) is 1. The Balaban J connectivity index is 1.77. The molecule has 0 atom stereocenters. The summed E-state index contributed by atoms with van der Waals surface area (Å²) >= 11 is 0. The Kier molecular flexibility index (Phi) is 6.42. The number of carbonyl (C=O) groups excluding carboxylic acids is 1. The third-order valence-corrected chi connectivity index (χ3v) is 2.46. The molecular weight excluding hydrogens is 249 g/mol. The second kappa shape index (κ2) is 7.58. The standard InChI is InChI=1S/C11H19F3N2O2/c12-11(13,14)8-18-7-1-4-15-5-6-16-10(17)9-2-3-9/h9,15H,1-8H2,(H,16,17). The summed E-state index contributed by atoms with van der Waals surface area (Å²) in [5.41, 5.74) is 0. The predicted molar refractivity (Wildman–Crippen MR) is 60.1 cm³/mol. The summed E-state index contributed by atoms with van der Waals surface area (Å²) in [4.78, 5) is 11.2. The van der Waals surface area contributed by atoms with Crippen LogP contribution < -0.4 is 10.6 Å². The highest BCUT2D eigenvalue weighted by Crippen LogP contribution is 2.28. The van der Waals surface area contributed by atoms with Crippen molar-refractivity contribution in [3.63, 3.8) is 0 Å². The van der Waals surface area contributed by atoms with Gasteiger partial charge in [-0.15, -0.1) is 0 Å². The van der Waals surface area contributed by atoms with Crippen LogP contribution in [0.3, 0.4) is 0 Å². The van der Waals surface area contributed by atoms with E-state index in [1.54, 1.807) is 0 Å². The molecular formula is C11H19F3N2O2. The molecule has 0 radical (unpaired) electrons. The molecule has 0 aromatic heterocycles. The van der Waals surface area contributed by atoms with Gasteiger partial charge in [0.05, 0.1) is 0 Å². The molecule has 1 rings (SSSR count). The molecule has 1 aliphatic carbocycles. The van der Waals surface area contributed by atoms with Crippen molar-refractivity contribution in [2.75, 3.05) is 32.8 Å². The summed E-state index contributed by atoms with van der Waals surface area (Å²) in [6, 6.07) is 0. The molecule has 0 heterocycles. The Bertz CT molecular complexity index is 255. The van der Waals surface area contributed by atoms with Crippen molar-refractivity contribution < 1.29 is 22.7 Å². The van der Waals surface area contributed by atoms with Gasteiger partial charge < -0.3 is 15.4 Å². The van der Waals surface area contributed by atoms with Crippen molar-refractivity contribution in [1.82, 2.24) is 10.6 Å². The van der Waals surface area contributed by atoms with Crippen molar-refractivity contribution >= 4 is 5.91 Å². The molecule has 0 aliphatic heterocycles. The summed E-state index contributed by atoms with van der Waals surface area (Å²) in [7, 11) is 0. The van der Waals surface area contributed by atoms with E-state index >= 15 is 0 Å². The van der Waals surface area contributed by atoms with E-state index in [-0.39, 0.29) is 18.4 Å². The summed E-state index contributed by atoms with van der Waals surface area (Å²) in [5.74, 6) is 0.311. The SMILES string of the molecule is O=C(NCCNCCCOCC(F)(F)F)C1CC1. The van der Waals surface area contributed by atoms with Crippen molar-refractivity contribution in [3.05, 3.63) is 0 Å². The molecule has 0 spiro atoms. The van der Waals surface area contributed by atoms with Crippen LogP contribution in [0, 0.1) is 5.92 Å². The van der Waals surface area contributed by atoms with Gasteiger partial charge in [0.2, 0.25) is 5.91 Å². The van der Waals surface area contributed by atoms with E-state index in [4.69, 9.17) is 0 Å². The van der Waals surface area contributed by atoms with Gasteiger partial charge in [-0.1, -0.05) is 0 Å². The zero-order valence-corrected chi connectivity index (χ0v) is 10.2. The van der Waals surface area contributed by atoms with Gasteiger partial charge in [-0.3, -0.25) is 4.79 Å². The Labute approximate surface area is 104 Å². The van der Waals surface area contributed by atoms with Crippen LogP contribution in [0.5, 0.6) is 0 Å². The zero-order chi connectivity index (χ0) is 13.4. The van der Waals surface area contributed by atoms with Crippen molar-refractivity contribution in [3.8, 4) is 0 Å². The van der Waals surface area contributed by atoms with Gasteiger partial charge in [0.25, 0.3) is 0 Å². The highest BCUT2D eigenvalue weighted by molar-refractivity contribution is 5.80. The van der Waals surface area contributed by atoms with Crippen molar-refractivity contribution in [1.29, 1.82) is 0 Å². The highest BCUT2D eigenvalue weighted by atomic mass is 19.4. The first-order valence-electron chi connectivity index (χ1n) is 6.12. The van der Waals surface area contributed by atoms with Crippen LogP contribution in [0.25, 0.3) is 0 Å². The normalized spacial score (nSPS) is 15.7. The third-order valence-electron chi connectivity index (χ3n) is 2.46. The second-order valence-electron chi connectivity index (χ2n) is 4.34. The minimum absolute atomic E-state index is 0.0843. The van der Waals surface area contributed by atoms with Crippen LogP contribution in [0.2, 0.25) is 0 Å². The second-order valence-corrected chi connectivity index (χ2v) is 4.34. The lowest BCUT2D eigenvalue weighted by atomic mass is 10.4. The smallest absolute Gasteiger partial charge is 0.372 e. The molecule has 18 heavy (non-hydrogen) atoms. The number of amides is 1. The fourth-order valence-electron chi connectivity index (χ4n) is 1.38. The average Bonchev–Trinajstić information content (AvgIpc) is 3.08. The lowest BCUT2D eigenvalue weighted by molar-refractivity contribution is -0.173. The molecule has 0 bridgehead atoms. The van der Waals surface area contributed by atoms with E-state index in [0.29, 0.717) is 26.1 Å². The quantitative estimate of drug-likeness (QED) is 0.615. The molecule has 1 fully saturated rings. The van der Waals surface area contributed by atoms with Crippen LogP contribution in [0.1, 0.15) is 19.3 Å². The van der Waals surface area contributed by atoms with Gasteiger partial charge in [-0.2, -0.15) is 13.2 Å². The lowest BCUT2D eigenvalue weighted by Gasteiger charge is -2.08. The zero-order valence-electron chi connectivity index (χ0n) is 10.2. The average molecular weight is 268 g/mol. The maximum atomic E-state index is 11.7. The van der Waals surface area contributed by atoms with E-state index < -0.39 is 12.8 Å². The fraction of sp³-hybridized carbons (Fsp3) is 0.909. The molecule has 1 aliphatic rings. The first-order valence-corrected chi connectivity index (χ1v) is 6.12. The number of hydrogen-bond acceptors (Lipinski definition) is 3. The first-order chi connectivity index (χ1) is 8.49. The van der Waals surface area contributed by atoms with Gasteiger partial charge in [-0.25, -0.2) is 0 Å². The predicted octanol–water partition coefficient (Wildman–Crippen LogP) is 1.07. The van der Waals surface area contributed by atoms with E-state index in [1.165, 1.54) is 0 Å². The number of carbonyl (C=O) groups is 1. The largest absolute Gasteiger partial charge is 0.411 e. The van der Waals surface area contributed by atoms with E-state index in [0.717, 1.165) is 12.8 Å². The van der Waals surface area contributed by atoms with E-state index in [9.17, 15) is 18.0 Å². The minimum atomic E-state index is -4.25. The number of halogens is 3. The molecule has 1 amide bonds. The Morgan fingerprint density at radius 2 is 1.94 bits per heavy atom. The number of rotatable bonds is 9. The summed E-state index contributed by atoms with van der Waals surface area (Å²) in [6.07, 6.45) is -1.77. The number of nitrogens with one attached hydrogen (secondary N) is 2. The Morgan fingerprint density at radius 1 is 1.22 bits per heavy atom. The first kappa shape index (κ1) is 15.2. The fourth-order valence-corrected chi connectivity index (χ4v) is 1.38. The maximum absolute atomic E-state index is 11.7. The maximum Gasteiger partial charge on any atom is 0.411 e. The number of hydrogen-bond donors (Lipinski definition) is 2. The van der Waals surface area contributed by atoms with Gasteiger partial charge in [0, 0.05) is 25.6 Å². The molecule has 0 aromatic carbocycles. The molecule has 0 aromatic rings. The Morgan fingerprint density at radius 3 is 2.56 bits per heavy atom. The monoisotopic (exact) mass is 268 g/mol. The lowest BCUT2D eigenvalue weighted by Crippen LogP contribution is -2.33. The topological polar surface area (TPSA) is 50.4 Å². The molecule has 0 saturated heterocycles. The minimum Gasteiger partial charge on any atom is -0.372 e. The van der Waals surface area contributed by atoms with Gasteiger partial charge in [-0.05, 0) is 25.8 Å². The van der Waals surface area contributed by atoms with Gasteiger partial charge >= 0.3 is 6.18 Å². The van der Waals surface area contributed by atoms with Crippen LogP contribution in [0.15, 0.2) is 0 Å². The molecule has 7 heteroatoms. The number of alkyl halides is 3. The van der Waals surface area contributed by atoms with Crippen LogP contribution in [-0.4, -0.2) is 44.9 Å². The van der Waals surface area contributed by atoms with E-state index in [1.807, 2.05) is 0 Å². The van der Waals surface area contributed by atoms with Crippen molar-refractivity contribution in [2.45, 2.75) is 25.4 Å². The summed E-state index contributed by atoms with van der Waals surface area (Å²) in [5, 5.41) is 5.81. The van der Waals surface area contributed by atoms with E-state index in [2.05, 4.69) is 15.4 Å². The molecule has 106 valence electrons. The third kappa shape index (κ3) is 8.30. The molecule has 1 saturated carbocycles. The summed E-state index contributed by atoms with van der Waals surface area (Å²) in [6.45, 7) is 0.652. The Hall–Kier alpha value is -0.820. The van der Waals surface area contributed by atoms with Gasteiger partial charge in [0.15, 0.2) is 0 Å². The summed E-state index contributed by atoms with van der Waals surface area (Å²) < 4.78 is 39.5. The molecule has 0 unspecified atom stereocenters. The van der Waals surface area contributed by atoms with Crippen LogP contribution in [0.4, 0.5) is 13.2 Å². The van der Waals surface area contributed by atoms with Crippen LogP contribution in [-0.2, 0) is 9.53 Å². The van der Waals surface area contributed by atoms with Crippen LogP contribution >= 0.6 is 0 Å². The highest BCUT2D eigenvalue weighted by Gasteiger charge is 2.29. The molecule has 4 nitrogen and oxygen atoms in total. The van der Waals surface area contributed by atoms with Crippen molar-refractivity contribution in [2.24, 2.45) is 5.92 Å². The van der Waals surface area contributed by atoms with Gasteiger partial charge in [0.1, 0.15) is 6.61 Å².